The fourth-order valence-corrected chi connectivity index (χ4v) is 1.45. The zero-order valence-electron chi connectivity index (χ0n) is 6.01. The third kappa shape index (κ3) is 1.94. The molecule has 1 aliphatic carbocycles. The van der Waals surface area contributed by atoms with Gasteiger partial charge in [-0.2, -0.15) is 0 Å². The molecule has 1 aliphatic rings. The molecule has 1 rings (SSSR count). The Labute approximate surface area is 60.6 Å². The molecule has 0 spiro atoms. The van der Waals surface area contributed by atoms with Gasteiger partial charge in [-0.3, -0.25) is 4.79 Å². The standard InChI is InChI=1S/C8H12O2/c9-5-4-7-2-1-3-8(10)6-7/h5,7H,1-4,6H2. The van der Waals surface area contributed by atoms with E-state index in [-0.39, 0.29) is 0 Å². The summed E-state index contributed by atoms with van der Waals surface area (Å²) in [5.41, 5.74) is 0. The number of aldehydes is 1. The first-order valence-electron chi connectivity index (χ1n) is 3.78. The van der Waals surface area contributed by atoms with Gasteiger partial charge in [-0.05, 0) is 18.8 Å². The summed E-state index contributed by atoms with van der Waals surface area (Å²) in [6, 6.07) is 0. The Hall–Kier alpha value is -0.660. The molecule has 0 aromatic carbocycles. The first kappa shape index (κ1) is 7.45. The fraction of sp³-hybridized carbons (Fsp3) is 0.750. The molecule has 2 heteroatoms. The fourth-order valence-electron chi connectivity index (χ4n) is 1.45. The van der Waals surface area contributed by atoms with Crippen molar-refractivity contribution in [3.05, 3.63) is 0 Å². The molecule has 0 N–H and O–H groups in total. The van der Waals surface area contributed by atoms with E-state index < -0.39 is 0 Å². The molecule has 56 valence electrons. The number of hydrogen-bond acceptors (Lipinski definition) is 2. The molecule has 0 aromatic heterocycles. The molecule has 1 unspecified atom stereocenters. The third-order valence-corrected chi connectivity index (χ3v) is 2.01. The van der Waals surface area contributed by atoms with Crippen molar-refractivity contribution in [3.63, 3.8) is 0 Å². The second kappa shape index (κ2) is 3.49. The maximum atomic E-state index is 10.8. The minimum Gasteiger partial charge on any atom is -0.303 e. The van der Waals surface area contributed by atoms with E-state index in [0.717, 1.165) is 25.5 Å². The van der Waals surface area contributed by atoms with Crippen LogP contribution in [0.25, 0.3) is 0 Å². The normalized spacial score (nSPS) is 26.4. The molecule has 1 fully saturated rings. The van der Waals surface area contributed by atoms with Gasteiger partial charge in [0.25, 0.3) is 0 Å². The minimum absolute atomic E-state index is 0.332. The zero-order valence-corrected chi connectivity index (χ0v) is 6.01. The van der Waals surface area contributed by atoms with Crippen molar-refractivity contribution in [2.45, 2.75) is 32.1 Å². The van der Waals surface area contributed by atoms with Crippen LogP contribution in [-0.4, -0.2) is 12.1 Å². The Morgan fingerprint density at radius 2 is 2.40 bits per heavy atom. The summed E-state index contributed by atoms with van der Waals surface area (Å²) in [5, 5.41) is 0. The quantitative estimate of drug-likeness (QED) is 0.542. The SMILES string of the molecule is O=CCC1CCCC(=O)C1. The lowest BCUT2D eigenvalue weighted by Crippen LogP contribution is -2.14. The highest BCUT2D eigenvalue weighted by molar-refractivity contribution is 5.79. The molecule has 0 saturated heterocycles. The number of rotatable bonds is 2. The summed E-state index contributed by atoms with van der Waals surface area (Å²) >= 11 is 0. The van der Waals surface area contributed by atoms with E-state index in [1.54, 1.807) is 0 Å². The van der Waals surface area contributed by atoms with Crippen LogP contribution in [0, 0.1) is 5.92 Å². The summed E-state index contributed by atoms with van der Waals surface area (Å²) < 4.78 is 0. The molecule has 0 amide bonds. The first-order valence-corrected chi connectivity index (χ1v) is 3.78. The van der Waals surface area contributed by atoms with Crippen molar-refractivity contribution < 1.29 is 9.59 Å². The van der Waals surface area contributed by atoms with Crippen molar-refractivity contribution in [1.82, 2.24) is 0 Å². The Bertz CT molecular complexity index is 140. The van der Waals surface area contributed by atoms with Crippen LogP contribution in [0.2, 0.25) is 0 Å². The molecule has 2 nitrogen and oxygen atoms in total. The predicted molar refractivity (Wildman–Crippen MR) is 37.6 cm³/mol. The van der Waals surface area contributed by atoms with Gasteiger partial charge in [0, 0.05) is 19.3 Å². The third-order valence-electron chi connectivity index (χ3n) is 2.01. The van der Waals surface area contributed by atoms with E-state index in [1.165, 1.54) is 0 Å². The number of carbonyl (C=O) groups is 2. The molecule has 0 radical (unpaired) electrons. The lowest BCUT2D eigenvalue weighted by Gasteiger charge is -2.17. The van der Waals surface area contributed by atoms with Crippen molar-refractivity contribution in [2.24, 2.45) is 5.92 Å². The lowest BCUT2D eigenvalue weighted by atomic mass is 9.87. The van der Waals surface area contributed by atoms with Gasteiger partial charge in [-0.25, -0.2) is 0 Å². The minimum atomic E-state index is 0.332. The van der Waals surface area contributed by atoms with Crippen LogP contribution in [0.1, 0.15) is 32.1 Å². The van der Waals surface area contributed by atoms with E-state index in [1.807, 2.05) is 0 Å². The van der Waals surface area contributed by atoms with Crippen molar-refractivity contribution in [2.75, 3.05) is 0 Å². The Morgan fingerprint density at radius 3 is 3.00 bits per heavy atom. The van der Waals surface area contributed by atoms with E-state index in [4.69, 9.17) is 0 Å². The number of Topliss-reactive ketones (excluding diaryl/α,β-unsaturated/α-hetero) is 1. The molecule has 0 aromatic rings. The van der Waals surface area contributed by atoms with Gasteiger partial charge < -0.3 is 4.79 Å². The Kier molecular flexibility index (Phi) is 2.60. The molecular weight excluding hydrogens is 128 g/mol. The van der Waals surface area contributed by atoms with Gasteiger partial charge in [-0.1, -0.05) is 0 Å². The van der Waals surface area contributed by atoms with E-state index in [9.17, 15) is 9.59 Å². The molecule has 0 heterocycles. The lowest BCUT2D eigenvalue weighted by molar-refractivity contribution is -0.121. The topological polar surface area (TPSA) is 34.1 Å². The average Bonchev–Trinajstić information content (AvgIpc) is 1.88. The number of carbonyl (C=O) groups excluding carboxylic acids is 2. The Balaban J connectivity index is 2.31. The van der Waals surface area contributed by atoms with Crippen molar-refractivity contribution >= 4 is 12.1 Å². The molecule has 1 atom stereocenters. The predicted octanol–water partition coefficient (Wildman–Crippen LogP) is 1.33. The van der Waals surface area contributed by atoms with Crippen LogP contribution < -0.4 is 0 Å². The maximum absolute atomic E-state index is 10.8. The molecule has 0 bridgehead atoms. The maximum Gasteiger partial charge on any atom is 0.133 e. The molecule has 10 heavy (non-hydrogen) atoms. The highest BCUT2D eigenvalue weighted by Crippen LogP contribution is 2.22. The van der Waals surface area contributed by atoms with Gasteiger partial charge in [0.05, 0.1) is 0 Å². The molecule has 0 aliphatic heterocycles. The Morgan fingerprint density at radius 1 is 1.60 bits per heavy atom. The van der Waals surface area contributed by atoms with Crippen molar-refractivity contribution in [1.29, 1.82) is 0 Å². The average molecular weight is 140 g/mol. The monoisotopic (exact) mass is 140 g/mol. The molecule has 1 saturated carbocycles. The van der Waals surface area contributed by atoms with Crippen LogP contribution in [0.5, 0.6) is 0 Å². The van der Waals surface area contributed by atoms with Crippen LogP contribution >= 0.6 is 0 Å². The first-order chi connectivity index (χ1) is 4.83. The summed E-state index contributed by atoms with van der Waals surface area (Å²) in [7, 11) is 0. The van der Waals surface area contributed by atoms with Gasteiger partial charge in [-0.15, -0.1) is 0 Å². The van der Waals surface area contributed by atoms with E-state index in [2.05, 4.69) is 0 Å². The highest BCUT2D eigenvalue weighted by Gasteiger charge is 2.18. The van der Waals surface area contributed by atoms with Gasteiger partial charge in [0.15, 0.2) is 0 Å². The molecular formula is C8H12O2. The van der Waals surface area contributed by atoms with Gasteiger partial charge in [0.1, 0.15) is 12.1 Å². The van der Waals surface area contributed by atoms with Crippen molar-refractivity contribution in [3.8, 4) is 0 Å². The van der Waals surface area contributed by atoms with Crippen LogP contribution in [0.15, 0.2) is 0 Å². The van der Waals surface area contributed by atoms with E-state index >= 15 is 0 Å². The smallest absolute Gasteiger partial charge is 0.133 e. The summed E-state index contributed by atoms with van der Waals surface area (Å²) in [5.74, 6) is 0.692. The second-order valence-electron chi connectivity index (χ2n) is 2.90. The summed E-state index contributed by atoms with van der Waals surface area (Å²) in [6.45, 7) is 0. The number of hydrogen-bond donors (Lipinski definition) is 0. The van der Waals surface area contributed by atoms with Gasteiger partial charge in [0.2, 0.25) is 0 Å². The van der Waals surface area contributed by atoms with Crippen LogP contribution in [0.3, 0.4) is 0 Å². The van der Waals surface area contributed by atoms with Crippen LogP contribution in [-0.2, 0) is 9.59 Å². The van der Waals surface area contributed by atoms with E-state index in [0.29, 0.717) is 24.5 Å². The van der Waals surface area contributed by atoms with Crippen LogP contribution in [0.4, 0.5) is 0 Å². The summed E-state index contributed by atoms with van der Waals surface area (Å²) in [6.07, 6.45) is 4.91. The van der Waals surface area contributed by atoms with Gasteiger partial charge >= 0.3 is 0 Å². The second-order valence-corrected chi connectivity index (χ2v) is 2.90. The number of ketones is 1. The summed E-state index contributed by atoms with van der Waals surface area (Å²) in [4.78, 5) is 20.9. The largest absolute Gasteiger partial charge is 0.303 e. The highest BCUT2D eigenvalue weighted by atomic mass is 16.1. The zero-order chi connectivity index (χ0) is 7.40.